The summed E-state index contributed by atoms with van der Waals surface area (Å²) in [5.41, 5.74) is -0.413. The predicted octanol–water partition coefficient (Wildman–Crippen LogP) is -0.705. The number of amides is 3. The minimum atomic E-state index is -3.34. The molecule has 1 fully saturated rings. The lowest BCUT2D eigenvalue weighted by atomic mass is 10.1. The van der Waals surface area contributed by atoms with E-state index < -0.39 is 39.2 Å². The number of rotatable bonds is 4. The number of hydrogen-bond acceptors (Lipinski definition) is 7. The SMILES string of the molecule is CS(=O)(=O)N1CCN(C(=O)CN2C(=O)c3ccc([N+](=O)[O-])cc3C2=O)CC1. The van der Waals surface area contributed by atoms with Crippen LogP contribution in [-0.2, 0) is 14.8 Å². The number of fused-ring (bicyclic) bond motifs is 1. The van der Waals surface area contributed by atoms with E-state index in [-0.39, 0.29) is 43.0 Å². The first-order valence-electron chi connectivity index (χ1n) is 7.97. The number of nitro groups is 1. The molecule has 2 aliphatic heterocycles. The molecule has 144 valence electrons. The third kappa shape index (κ3) is 3.53. The number of carbonyl (C=O) groups is 3. The molecule has 0 radical (unpaired) electrons. The van der Waals surface area contributed by atoms with Gasteiger partial charge in [0, 0.05) is 38.3 Å². The molecule has 1 saturated heterocycles. The van der Waals surface area contributed by atoms with E-state index in [1.165, 1.54) is 15.3 Å². The molecule has 1 aromatic rings. The monoisotopic (exact) mass is 396 g/mol. The summed E-state index contributed by atoms with van der Waals surface area (Å²) >= 11 is 0. The Morgan fingerprint density at radius 1 is 1.11 bits per heavy atom. The molecule has 12 heteroatoms. The first kappa shape index (κ1) is 18.9. The van der Waals surface area contributed by atoms with Crippen molar-refractivity contribution in [1.29, 1.82) is 0 Å². The lowest BCUT2D eigenvalue weighted by Gasteiger charge is -2.33. The number of hydrogen-bond donors (Lipinski definition) is 0. The van der Waals surface area contributed by atoms with Crippen molar-refractivity contribution in [3.8, 4) is 0 Å². The zero-order valence-electron chi connectivity index (χ0n) is 14.3. The number of non-ortho nitro benzene ring substituents is 1. The normalized spacial score (nSPS) is 18.0. The van der Waals surface area contributed by atoms with Crippen LogP contribution in [0, 0.1) is 10.1 Å². The summed E-state index contributed by atoms with van der Waals surface area (Å²) in [6.45, 7) is 0.0812. The lowest BCUT2D eigenvalue weighted by molar-refractivity contribution is -0.384. The maximum Gasteiger partial charge on any atom is 0.270 e. The van der Waals surface area contributed by atoms with Gasteiger partial charge < -0.3 is 4.90 Å². The summed E-state index contributed by atoms with van der Waals surface area (Å²) in [4.78, 5) is 49.5. The fourth-order valence-electron chi connectivity index (χ4n) is 3.04. The van der Waals surface area contributed by atoms with Gasteiger partial charge in [0.1, 0.15) is 6.54 Å². The standard InChI is InChI=1S/C15H16N4O7S/c1-27(25,26)17-6-4-16(5-7-17)13(20)9-18-14(21)11-3-2-10(19(23)24)8-12(11)15(18)22/h2-3,8H,4-7,9H2,1H3. The van der Waals surface area contributed by atoms with Crippen LogP contribution in [0.3, 0.4) is 0 Å². The van der Waals surface area contributed by atoms with Crippen molar-refractivity contribution < 1.29 is 27.7 Å². The molecule has 11 nitrogen and oxygen atoms in total. The van der Waals surface area contributed by atoms with Crippen molar-refractivity contribution in [3.63, 3.8) is 0 Å². The second kappa shape index (κ2) is 6.70. The summed E-state index contributed by atoms with van der Waals surface area (Å²) in [6.07, 6.45) is 1.09. The molecule has 0 spiro atoms. The van der Waals surface area contributed by atoms with Gasteiger partial charge in [0.05, 0.1) is 22.3 Å². The molecule has 0 aromatic heterocycles. The van der Waals surface area contributed by atoms with E-state index in [0.717, 1.165) is 23.3 Å². The van der Waals surface area contributed by atoms with Gasteiger partial charge in [-0.25, -0.2) is 8.42 Å². The van der Waals surface area contributed by atoms with E-state index >= 15 is 0 Å². The smallest absolute Gasteiger partial charge is 0.270 e. The molecule has 0 bridgehead atoms. The second-order valence-electron chi connectivity index (χ2n) is 6.23. The molecule has 0 atom stereocenters. The summed E-state index contributed by atoms with van der Waals surface area (Å²) in [7, 11) is -3.34. The molecule has 2 heterocycles. The van der Waals surface area contributed by atoms with Gasteiger partial charge in [0.2, 0.25) is 15.9 Å². The molecule has 3 amide bonds. The molecule has 2 aliphatic rings. The first-order chi connectivity index (χ1) is 12.6. The van der Waals surface area contributed by atoms with Gasteiger partial charge in [0.25, 0.3) is 17.5 Å². The average molecular weight is 396 g/mol. The summed E-state index contributed by atoms with van der Waals surface area (Å²) in [5.74, 6) is -1.94. The molecule has 0 saturated carbocycles. The zero-order valence-corrected chi connectivity index (χ0v) is 15.1. The lowest BCUT2D eigenvalue weighted by Crippen LogP contribution is -2.52. The number of nitrogens with zero attached hydrogens (tertiary/aromatic N) is 4. The maximum atomic E-state index is 12.4. The van der Waals surface area contributed by atoms with Gasteiger partial charge in [-0.2, -0.15) is 4.31 Å². The highest BCUT2D eigenvalue weighted by molar-refractivity contribution is 7.88. The van der Waals surface area contributed by atoms with Crippen LogP contribution in [0.1, 0.15) is 20.7 Å². The van der Waals surface area contributed by atoms with Crippen LogP contribution >= 0.6 is 0 Å². The Morgan fingerprint density at radius 3 is 2.26 bits per heavy atom. The van der Waals surface area contributed by atoms with Crippen molar-refractivity contribution in [2.24, 2.45) is 0 Å². The van der Waals surface area contributed by atoms with Gasteiger partial charge in [-0.1, -0.05) is 0 Å². The molecule has 27 heavy (non-hydrogen) atoms. The van der Waals surface area contributed by atoms with Gasteiger partial charge in [0.15, 0.2) is 0 Å². The Hall–Kier alpha value is -2.86. The number of sulfonamides is 1. The fraction of sp³-hybridized carbons (Fsp3) is 0.400. The van der Waals surface area contributed by atoms with Crippen molar-refractivity contribution >= 4 is 33.4 Å². The van der Waals surface area contributed by atoms with Crippen LogP contribution in [0.4, 0.5) is 5.69 Å². The molecular formula is C15H16N4O7S. The molecule has 0 aliphatic carbocycles. The van der Waals surface area contributed by atoms with Crippen LogP contribution in [-0.4, -0.2) is 84.1 Å². The van der Waals surface area contributed by atoms with Gasteiger partial charge in [-0.05, 0) is 6.07 Å². The third-order valence-corrected chi connectivity index (χ3v) is 5.82. The molecule has 0 N–H and O–H groups in total. The maximum absolute atomic E-state index is 12.4. The minimum Gasteiger partial charge on any atom is -0.338 e. The van der Waals surface area contributed by atoms with Gasteiger partial charge >= 0.3 is 0 Å². The van der Waals surface area contributed by atoms with Crippen LogP contribution in [0.5, 0.6) is 0 Å². The third-order valence-electron chi connectivity index (χ3n) is 4.52. The van der Waals surface area contributed by atoms with E-state index in [9.17, 15) is 32.9 Å². The van der Waals surface area contributed by atoms with E-state index in [1.54, 1.807) is 0 Å². The largest absolute Gasteiger partial charge is 0.338 e. The Morgan fingerprint density at radius 2 is 1.70 bits per heavy atom. The molecular weight excluding hydrogens is 380 g/mol. The van der Waals surface area contributed by atoms with E-state index in [2.05, 4.69) is 0 Å². The number of carbonyl (C=O) groups excluding carboxylic acids is 3. The van der Waals surface area contributed by atoms with Crippen LogP contribution < -0.4 is 0 Å². The quantitative estimate of drug-likeness (QED) is 0.372. The van der Waals surface area contributed by atoms with E-state index in [4.69, 9.17) is 0 Å². The first-order valence-corrected chi connectivity index (χ1v) is 9.82. The zero-order chi connectivity index (χ0) is 19.9. The molecule has 0 unspecified atom stereocenters. The summed E-state index contributed by atoms with van der Waals surface area (Å²) < 4.78 is 24.3. The molecule has 1 aromatic carbocycles. The predicted molar refractivity (Wildman–Crippen MR) is 91.5 cm³/mol. The Balaban J connectivity index is 1.70. The summed E-state index contributed by atoms with van der Waals surface area (Å²) in [5, 5.41) is 10.8. The fourth-order valence-corrected chi connectivity index (χ4v) is 3.87. The van der Waals surface area contributed by atoms with Crippen molar-refractivity contribution in [2.45, 2.75) is 0 Å². The second-order valence-corrected chi connectivity index (χ2v) is 8.21. The number of benzene rings is 1. The van der Waals surface area contributed by atoms with E-state index in [1.807, 2.05) is 0 Å². The van der Waals surface area contributed by atoms with Crippen molar-refractivity contribution in [2.75, 3.05) is 39.0 Å². The van der Waals surface area contributed by atoms with E-state index in [0.29, 0.717) is 0 Å². The minimum absolute atomic E-state index is 0.0142. The van der Waals surface area contributed by atoms with Crippen LogP contribution in [0.25, 0.3) is 0 Å². The number of piperazine rings is 1. The highest BCUT2D eigenvalue weighted by Crippen LogP contribution is 2.26. The Bertz CT molecular complexity index is 951. The van der Waals surface area contributed by atoms with Crippen molar-refractivity contribution in [3.05, 3.63) is 39.4 Å². The number of imide groups is 1. The Kier molecular flexibility index (Phi) is 4.70. The topological polar surface area (TPSA) is 138 Å². The van der Waals surface area contributed by atoms with Crippen LogP contribution in [0.2, 0.25) is 0 Å². The van der Waals surface area contributed by atoms with Crippen LogP contribution in [0.15, 0.2) is 18.2 Å². The van der Waals surface area contributed by atoms with Gasteiger partial charge in [-0.3, -0.25) is 29.4 Å². The highest BCUT2D eigenvalue weighted by atomic mass is 32.2. The average Bonchev–Trinajstić information content (AvgIpc) is 2.85. The van der Waals surface area contributed by atoms with Gasteiger partial charge in [-0.15, -0.1) is 0 Å². The van der Waals surface area contributed by atoms with Crippen molar-refractivity contribution in [1.82, 2.24) is 14.1 Å². The Labute approximate surface area is 154 Å². The number of nitro benzene ring substituents is 1. The highest BCUT2D eigenvalue weighted by Gasteiger charge is 2.39. The molecule has 3 rings (SSSR count). The summed E-state index contributed by atoms with van der Waals surface area (Å²) in [6, 6.07) is 3.34.